The maximum absolute atomic E-state index is 8.58. The fourth-order valence-electron chi connectivity index (χ4n) is 3.90. The molecule has 0 unspecified atom stereocenters. The van der Waals surface area contributed by atoms with Crippen LogP contribution in [0.5, 0.6) is 0 Å². The van der Waals surface area contributed by atoms with Crippen LogP contribution in [0.4, 0.5) is 5.82 Å². The van der Waals surface area contributed by atoms with Crippen molar-refractivity contribution in [3.05, 3.63) is 23.5 Å². The monoisotopic (exact) mass is 325 g/mol. The molecule has 1 aromatic rings. The zero-order chi connectivity index (χ0) is 16.4. The number of hydrazine groups is 2. The fourth-order valence-corrected chi connectivity index (χ4v) is 3.90. The lowest BCUT2D eigenvalue weighted by molar-refractivity contribution is 0.283. The van der Waals surface area contributed by atoms with E-state index in [1.807, 2.05) is 17.5 Å². The number of fused-ring (bicyclic) bond motifs is 3. The summed E-state index contributed by atoms with van der Waals surface area (Å²) < 4.78 is 0. The highest BCUT2D eigenvalue weighted by molar-refractivity contribution is 5.87. The Morgan fingerprint density at radius 2 is 2.21 bits per heavy atom. The normalized spacial score (nSPS) is 25.2. The van der Waals surface area contributed by atoms with Gasteiger partial charge in [-0.05, 0) is 44.2 Å². The second-order valence-electron chi connectivity index (χ2n) is 6.68. The number of aliphatic imine (C=N–C) groups is 1. The molecule has 0 saturated heterocycles. The van der Waals surface area contributed by atoms with Crippen LogP contribution in [0.15, 0.2) is 23.0 Å². The van der Waals surface area contributed by atoms with Crippen LogP contribution < -0.4 is 16.3 Å². The number of allylic oxidation sites excluding steroid dienone is 1. The number of aromatic amines is 1. The molecule has 0 bridgehead atoms. The van der Waals surface area contributed by atoms with Crippen molar-refractivity contribution in [1.29, 1.82) is 5.26 Å². The van der Waals surface area contributed by atoms with Gasteiger partial charge in [0.25, 0.3) is 0 Å². The van der Waals surface area contributed by atoms with E-state index in [0.29, 0.717) is 12.3 Å². The summed E-state index contributed by atoms with van der Waals surface area (Å²) in [7, 11) is 0. The minimum absolute atomic E-state index is 0.558. The predicted molar refractivity (Wildman–Crippen MR) is 92.5 cm³/mol. The van der Waals surface area contributed by atoms with Gasteiger partial charge in [0.2, 0.25) is 0 Å². The van der Waals surface area contributed by atoms with Crippen molar-refractivity contribution in [2.24, 2.45) is 16.8 Å². The Balaban J connectivity index is 1.40. The summed E-state index contributed by atoms with van der Waals surface area (Å²) in [6.07, 6.45) is 9.22. The summed E-state index contributed by atoms with van der Waals surface area (Å²) in [5.41, 5.74) is 10.2. The average Bonchev–Trinajstić information content (AvgIpc) is 3.25. The molecule has 7 heteroatoms. The van der Waals surface area contributed by atoms with Crippen molar-refractivity contribution >= 4 is 17.9 Å². The van der Waals surface area contributed by atoms with Crippen molar-refractivity contribution in [1.82, 2.24) is 26.3 Å². The lowest BCUT2D eigenvalue weighted by Gasteiger charge is -2.29. The molecule has 1 aliphatic carbocycles. The SMILES string of the molecule is N#CCCNCC1CCC(C2=C3c4cc[nH]c4N=CN3NN2)CC1. The van der Waals surface area contributed by atoms with Gasteiger partial charge in [-0.1, -0.05) is 0 Å². The van der Waals surface area contributed by atoms with Gasteiger partial charge in [0.15, 0.2) is 0 Å². The third-order valence-corrected chi connectivity index (χ3v) is 5.19. The number of H-pyrrole nitrogens is 1. The quantitative estimate of drug-likeness (QED) is 0.622. The number of nitrogens with zero attached hydrogens (tertiary/aromatic N) is 3. The summed E-state index contributed by atoms with van der Waals surface area (Å²) in [5, 5.41) is 14.0. The third kappa shape index (κ3) is 2.79. The first kappa shape index (κ1) is 15.2. The topological polar surface area (TPSA) is 91.3 Å². The van der Waals surface area contributed by atoms with E-state index in [1.54, 1.807) is 0 Å². The van der Waals surface area contributed by atoms with Crippen molar-refractivity contribution in [3.63, 3.8) is 0 Å². The van der Waals surface area contributed by atoms with Crippen LogP contribution in [0.2, 0.25) is 0 Å². The Hall–Kier alpha value is -2.30. The molecular formula is C17H23N7. The van der Waals surface area contributed by atoms with Gasteiger partial charge in [-0.3, -0.25) is 0 Å². The highest BCUT2D eigenvalue weighted by Gasteiger charge is 2.33. The minimum atomic E-state index is 0.558. The highest BCUT2D eigenvalue weighted by Crippen LogP contribution is 2.40. The Labute approximate surface area is 141 Å². The van der Waals surface area contributed by atoms with Crippen LogP contribution in [0.3, 0.4) is 0 Å². The average molecular weight is 325 g/mol. The molecule has 4 rings (SSSR count). The predicted octanol–water partition coefficient (Wildman–Crippen LogP) is 1.99. The first-order chi connectivity index (χ1) is 11.9. The molecule has 1 fully saturated rings. The van der Waals surface area contributed by atoms with Crippen LogP contribution in [-0.4, -0.2) is 29.4 Å². The molecule has 0 spiro atoms. The van der Waals surface area contributed by atoms with E-state index < -0.39 is 0 Å². The molecule has 4 N–H and O–H groups in total. The molecule has 0 radical (unpaired) electrons. The van der Waals surface area contributed by atoms with Gasteiger partial charge < -0.3 is 15.7 Å². The summed E-state index contributed by atoms with van der Waals surface area (Å²) in [6.45, 7) is 1.84. The molecule has 1 aromatic heterocycles. The standard InChI is InChI=1S/C17H23N7/c18-7-1-8-19-10-12-2-4-13(5-3-12)15-16-14-6-9-20-17(14)21-11-24(16)23-22-15/h6,9,11-13,19-20,22-23H,1-5,8,10H2. The van der Waals surface area contributed by atoms with E-state index in [1.165, 1.54) is 37.1 Å². The fraction of sp³-hybridized carbons (Fsp3) is 0.529. The number of nitriles is 1. The molecule has 0 aromatic carbocycles. The minimum Gasteiger partial charge on any atom is -0.346 e. The molecule has 3 aliphatic rings. The molecule has 0 atom stereocenters. The van der Waals surface area contributed by atoms with Crippen LogP contribution in [0.1, 0.15) is 37.7 Å². The summed E-state index contributed by atoms with van der Waals surface area (Å²) in [6, 6.07) is 4.27. The molecule has 3 heterocycles. The van der Waals surface area contributed by atoms with E-state index in [9.17, 15) is 0 Å². The highest BCUT2D eigenvalue weighted by atomic mass is 15.7. The summed E-state index contributed by atoms with van der Waals surface area (Å²) in [5.74, 6) is 2.22. The Morgan fingerprint density at radius 1 is 1.33 bits per heavy atom. The van der Waals surface area contributed by atoms with Gasteiger partial charge in [-0.25, -0.2) is 10.0 Å². The third-order valence-electron chi connectivity index (χ3n) is 5.19. The van der Waals surface area contributed by atoms with E-state index in [2.05, 4.69) is 38.4 Å². The lowest BCUT2D eigenvalue weighted by atomic mass is 9.79. The van der Waals surface area contributed by atoms with Gasteiger partial charge in [0.05, 0.1) is 17.5 Å². The van der Waals surface area contributed by atoms with Gasteiger partial charge in [-0.2, -0.15) is 5.26 Å². The van der Waals surface area contributed by atoms with Gasteiger partial charge in [0, 0.05) is 30.6 Å². The van der Waals surface area contributed by atoms with Gasteiger partial charge in [0.1, 0.15) is 12.2 Å². The van der Waals surface area contributed by atoms with Crippen LogP contribution >= 0.6 is 0 Å². The van der Waals surface area contributed by atoms with Crippen molar-refractivity contribution in [2.75, 3.05) is 13.1 Å². The molecular weight excluding hydrogens is 302 g/mol. The number of nitrogens with one attached hydrogen (secondary N) is 4. The molecule has 2 aliphatic heterocycles. The molecule has 1 saturated carbocycles. The Morgan fingerprint density at radius 3 is 3.04 bits per heavy atom. The number of hydrogen-bond acceptors (Lipinski definition) is 6. The maximum atomic E-state index is 8.58. The van der Waals surface area contributed by atoms with E-state index in [-0.39, 0.29) is 0 Å². The van der Waals surface area contributed by atoms with Crippen LogP contribution in [0.25, 0.3) is 5.70 Å². The number of hydrogen-bond donors (Lipinski definition) is 4. The van der Waals surface area contributed by atoms with Crippen molar-refractivity contribution in [3.8, 4) is 6.07 Å². The van der Waals surface area contributed by atoms with E-state index >= 15 is 0 Å². The summed E-state index contributed by atoms with van der Waals surface area (Å²) in [4.78, 5) is 7.60. The lowest BCUT2D eigenvalue weighted by Crippen LogP contribution is -2.38. The van der Waals surface area contributed by atoms with Gasteiger partial charge >= 0.3 is 0 Å². The smallest absolute Gasteiger partial charge is 0.141 e. The van der Waals surface area contributed by atoms with Crippen molar-refractivity contribution in [2.45, 2.75) is 32.1 Å². The van der Waals surface area contributed by atoms with Crippen molar-refractivity contribution < 1.29 is 0 Å². The van der Waals surface area contributed by atoms with E-state index in [0.717, 1.165) is 30.4 Å². The molecule has 126 valence electrons. The Kier molecular flexibility index (Phi) is 4.24. The summed E-state index contributed by atoms with van der Waals surface area (Å²) >= 11 is 0. The zero-order valence-corrected chi connectivity index (χ0v) is 13.7. The second kappa shape index (κ2) is 6.67. The molecule has 24 heavy (non-hydrogen) atoms. The largest absolute Gasteiger partial charge is 0.346 e. The first-order valence-electron chi connectivity index (χ1n) is 8.71. The zero-order valence-electron chi connectivity index (χ0n) is 13.7. The maximum Gasteiger partial charge on any atom is 0.141 e. The molecule has 7 nitrogen and oxygen atoms in total. The van der Waals surface area contributed by atoms with Crippen LogP contribution in [0, 0.1) is 23.2 Å². The van der Waals surface area contributed by atoms with Crippen LogP contribution in [-0.2, 0) is 0 Å². The van der Waals surface area contributed by atoms with E-state index in [4.69, 9.17) is 5.26 Å². The Bertz CT molecular complexity index is 688. The number of rotatable bonds is 5. The first-order valence-corrected chi connectivity index (χ1v) is 8.71. The number of aromatic nitrogens is 1. The molecule has 0 amide bonds. The van der Waals surface area contributed by atoms with Gasteiger partial charge in [-0.15, -0.1) is 5.53 Å². The second-order valence-corrected chi connectivity index (χ2v) is 6.68.